The van der Waals surface area contributed by atoms with Gasteiger partial charge in [0.15, 0.2) is 5.82 Å². The van der Waals surface area contributed by atoms with Crippen LogP contribution in [-0.4, -0.2) is 24.7 Å². The van der Waals surface area contributed by atoms with Crippen molar-refractivity contribution in [1.29, 1.82) is 0 Å². The largest absolute Gasteiger partial charge is 0.360 e. The second-order valence-corrected chi connectivity index (χ2v) is 5.45. The van der Waals surface area contributed by atoms with E-state index in [4.69, 9.17) is 0 Å². The lowest BCUT2D eigenvalue weighted by Crippen LogP contribution is -2.23. The average molecular weight is 286 g/mol. The normalized spacial score (nSPS) is 17.6. The van der Waals surface area contributed by atoms with Crippen LogP contribution in [0, 0.1) is 6.92 Å². The lowest BCUT2D eigenvalue weighted by Gasteiger charge is -2.23. The first-order chi connectivity index (χ1) is 10.2. The van der Waals surface area contributed by atoms with Crippen LogP contribution < -0.4 is 5.32 Å². The van der Waals surface area contributed by atoms with Gasteiger partial charge in [-0.1, -0.05) is 13.8 Å². The highest BCUT2D eigenvalue weighted by Crippen LogP contribution is 2.26. The van der Waals surface area contributed by atoms with Gasteiger partial charge in [-0.15, -0.1) is 0 Å². The number of anilines is 1. The van der Waals surface area contributed by atoms with Crippen LogP contribution in [0.4, 0.5) is 5.82 Å². The Hall–Kier alpha value is -1.98. The second-order valence-electron chi connectivity index (χ2n) is 5.45. The second kappa shape index (κ2) is 5.79. The summed E-state index contributed by atoms with van der Waals surface area (Å²) in [5.74, 6) is 3.65. The summed E-state index contributed by atoms with van der Waals surface area (Å²) < 4.78 is 2.04. The predicted molar refractivity (Wildman–Crippen MR) is 81.1 cm³/mol. The van der Waals surface area contributed by atoms with E-state index >= 15 is 0 Å². The SMILES string of the molecule is CCc1cc(NC2CCCn3nc(CC)nc32)nc(C)n1. The molecule has 2 aromatic rings. The minimum atomic E-state index is 0.186. The third-order valence-corrected chi connectivity index (χ3v) is 3.81. The summed E-state index contributed by atoms with van der Waals surface area (Å²) in [6, 6.07) is 2.22. The molecule has 3 heterocycles. The van der Waals surface area contributed by atoms with Gasteiger partial charge in [-0.25, -0.2) is 19.6 Å². The van der Waals surface area contributed by atoms with Crippen molar-refractivity contribution in [3.05, 3.63) is 29.2 Å². The molecule has 0 saturated carbocycles. The highest BCUT2D eigenvalue weighted by Gasteiger charge is 2.24. The van der Waals surface area contributed by atoms with Crippen molar-refractivity contribution in [3.8, 4) is 0 Å². The molecule has 0 saturated heterocycles. The molecule has 0 radical (unpaired) electrons. The van der Waals surface area contributed by atoms with Crippen LogP contribution >= 0.6 is 0 Å². The maximum atomic E-state index is 4.66. The number of nitrogens with zero attached hydrogens (tertiary/aromatic N) is 5. The summed E-state index contributed by atoms with van der Waals surface area (Å²) in [7, 11) is 0. The van der Waals surface area contributed by atoms with Gasteiger partial charge in [0.05, 0.1) is 6.04 Å². The van der Waals surface area contributed by atoms with E-state index in [9.17, 15) is 0 Å². The maximum absolute atomic E-state index is 4.66. The monoisotopic (exact) mass is 286 g/mol. The summed E-state index contributed by atoms with van der Waals surface area (Å²) >= 11 is 0. The van der Waals surface area contributed by atoms with Gasteiger partial charge in [0, 0.05) is 24.7 Å². The van der Waals surface area contributed by atoms with Crippen molar-refractivity contribution in [1.82, 2.24) is 24.7 Å². The third-order valence-electron chi connectivity index (χ3n) is 3.81. The molecule has 0 bridgehead atoms. The van der Waals surface area contributed by atoms with Crippen molar-refractivity contribution in [2.24, 2.45) is 0 Å². The summed E-state index contributed by atoms with van der Waals surface area (Å²) in [5, 5.41) is 8.06. The smallest absolute Gasteiger partial charge is 0.150 e. The molecule has 1 aliphatic rings. The first kappa shape index (κ1) is 14.0. The van der Waals surface area contributed by atoms with Crippen molar-refractivity contribution in [2.45, 2.75) is 59.0 Å². The van der Waals surface area contributed by atoms with Gasteiger partial charge in [-0.2, -0.15) is 5.10 Å². The fraction of sp³-hybridized carbons (Fsp3) is 0.600. The van der Waals surface area contributed by atoms with Crippen LogP contribution in [0.3, 0.4) is 0 Å². The summed E-state index contributed by atoms with van der Waals surface area (Å²) in [5.41, 5.74) is 1.07. The van der Waals surface area contributed by atoms with Gasteiger partial charge in [0.25, 0.3) is 0 Å². The molecule has 1 aliphatic heterocycles. The maximum Gasteiger partial charge on any atom is 0.150 e. The molecule has 0 fully saturated rings. The molecule has 1 atom stereocenters. The molecule has 112 valence electrons. The first-order valence-electron chi connectivity index (χ1n) is 7.74. The van der Waals surface area contributed by atoms with Crippen molar-refractivity contribution >= 4 is 5.82 Å². The van der Waals surface area contributed by atoms with E-state index in [0.29, 0.717) is 0 Å². The zero-order chi connectivity index (χ0) is 14.8. The Labute approximate surface area is 125 Å². The van der Waals surface area contributed by atoms with Crippen LogP contribution in [0.1, 0.15) is 55.9 Å². The number of hydrogen-bond acceptors (Lipinski definition) is 5. The van der Waals surface area contributed by atoms with E-state index in [1.54, 1.807) is 0 Å². The van der Waals surface area contributed by atoms with Gasteiger partial charge in [-0.05, 0) is 26.2 Å². The Bertz CT molecular complexity index is 633. The number of hydrogen-bond donors (Lipinski definition) is 1. The van der Waals surface area contributed by atoms with E-state index in [2.05, 4.69) is 39.2 Å². The standard InChI is InChI=1S/C15H22N6/c1-4-11-9-14(17-10(3)16-11)18-12-7-6-8-21-15(12)19-13(5-2)20-21/h9,12H,4-8H2,1-3H3,(H,16,17,18). The van der Waals surface area contributed by atoms with Crippen LogP contribution in [0.2, 0.25) is 0 Å². The average Bonchev–Trinajstić information content (AvgIpc) is 2.91. The fourth-order valence-electron chi connectivity index (χ4n) is 2.75. The van der Waals surface area contributed by atoms with Gasteiger partial charge in [-0.3, -0.25) is 0 Å². The number of aryl methyl sites for hydroxylation is 4. The highest BCUT2D eigenvalue weighted by atomic mass is 15.4. The Kier molecular flexibility index (Phi) is 3.86. The number of nitrogens with one attached hydrogen (secondary N) is 1. The van der Waals surface area contributed by atoms with E-state index in [1.807, 2.05) is 17.7 Å². The van der Waals surface area contributed by atoms with Crippen LogP contribution in [-0.2, 0) is 19.4 Å². The molecule has 2 aromatic heterocycles. The van der Waals surface area contributed by atoms with E-state index in [1.165, 1.54) is 0 Å². The Morgan fingerprint density at radius 1 is 1.24 bits per heavy atom. The minimum Gasteiger partial charge on any atom is -0.360 e. The van der Waals surface area contributed by atoms with Crippen LogP contribution in [0.25, 0.3) is 0 Å². The molecule has 1 unspecified atom stereocenters. The first-order valence-corrected chi connectivity index (χ1v) is 7.74. The molecule has 0 spiro atoms. The van der Waals surface area contributed by atoms with Crippen LogP contribution in [0.5, 0.6) is 0 Å². The molecular formula is C15H22N6. The predicted octanol–water partition coefficient (Wildman–Crippen LogP) is 2.45. The van der Waals surface area contributed by atoms with Crippen molar-refractivity contribution in [3.63, 3.8) is 0 Å². The number of aromatic nitrogens is 5. The molecule has 6 heteroatoms. The zero-order valence-corrected chi connectivity index (χ0v) is 12.9. The van der Waals surface area contributed by atoms with Crippen molar-refractivity contribution < 1.29 is 0 Å². The molecule has 0 aliphatic carbocycles. The van der Waals surface area contributed by atoms with E-state index in [-0.39, 0.29) is 6.04 Å². The zero-order valence-electron chi connectivity index (χ0n) is 12.9. The summed E-state index contributed by atoms with van der Waals surface area (Å²) in [4.78, 5) is 13.6. The topological polar surface area (TPSA) is 68.5 Å². The van der Waals surface area contributed by atoms with E-state index < -0.39 is 0 Å². The van der Waals surface area contributed by atoms with E-state index in [0.717, 1.165) is 61.2 Å². The highest BCUT2D eigenvalue weighted by molar-refractivity contribution is 5.38. The molecule has 6 nitrogen and oxygen atoms in total. The Balaban J connectivity index is 1.86. The Morgan fingerprint density at radius 3 is 2.86 bits per heavy atom. The quantitative estimate of drug-likeness (QED) is 0.935. The minimum absolute atomic E-state index is 0.186. The Morgan fingerprint density at radius 2 is 2.10 bits per heavy atom. The molecule has 1 N–H and O–H groups in total. The lowest BCUT2D eigenvalue weighted by molar-refractivity contribution is 0.436. The number of fused-ring (bicyclic) bond motifs is 1. The molecule has 0 amide bonds. The van der Waals surface area contributed by atoms with Crippen LogP contribution in [0.15, 0.2) is 6.07 Å². The van der Waals surface area contributed by atoms with Gasteiger partial charge >= 0.3 is 0 Å². The molecule has 0 aromatic carbocycles. The third kappa shape index (κ3) is 2.89. The van der Waals surface area contributed by atoms with Crippen molar-refractivity contribution in [2.75, 3.05) is 5.32 Å². The summed E-state index contributed by atoms with van der Waals surface area (Å²) in [6.07, 6.45) is 3.96. The van der Waals surface area contributed by atoms with Gasteiger partial charge in [0.1, 0.15) is 17.5 Å². The van der Waals surface area contributed by atoms with Gasteiger partial charge in [0.2, 0.25) is 0 Å². The lowest BCUT2D eigenvalue weighted by atomic mass is 10.1. The summed E-state index contributed by atoms with van der Waals surface area (Å²) in [6.45, 7) is 7.09. The molecule has 3 rings (SSSR count). The molecule has 21 heavy (non-hydrogen) atoms. The molecular weight excluding hydrogens is 264 g/mol. The fourth-order valence-corrected chi connectivity index (χ4v) is 2.75. The number of rotatable bonds is 4. The van der Waals surface area contributed by atoms with Gasteiger partial charge < -0.3 is 5.32 Å².